The number of benzene rings is 1. The monoisotopic (exact) mass is 301 g/mol. The number of carbonyl (C=O) groups excluding carboxylic acids is 1. The van der Waals surface area contributed by atoms with E-state index in [2.05, 4.69) is 0 Å². The van der Waals surface area contributed by atoms with E-state index in [1.54, 1.807) is 0 Å². The first kappa shape index (κ1) is 14.7. The zero-order chi connectivity index (χ0) is 14.9. The van der Waals surface area contributed by atoms with Gasteiger partial charge in [-0.3, -0.25) is 4.79 Å². The van der Waals surface area contributed by atoms with Crippen LogP contribution in [0.2, 0.25) is 0 Å². The molecule has 0 radical (unpaired) electrons. The second kappa shape index (κ2) is 5.37. The molecule has 0 spiro atoms. The third kappa shape index (κ3) is 2.75. The molecular weight excluding hydrogens is 285 g/mol. The molecule has 2 rings (SSSR count). The number of piperidine rings is 1. The summed E-state index contributed by atoms with van der Waals surface area (Å²) in [6.07, 6.45) is 1.11. The second-order valence-corrected chi connectivity index (χ2v) is 6.73. The molecule has 1 atom stereocenters. The Kier molecular flexibility index (Phi) is 3.96. The van der Waals surface area contributed by atoms with E-state index in [0.717, 1.165) is 10.4 Å². The number of nitrogen functional groups attached to an aromatic ring is 1. The first-order valence-corrected chi connectivity index (χ1v) is 7.61. The van der Waals surface area contributed by atoms with Crippen LogP contribution in [0.3, 0.4) is 0 Å². The predicted molar refractivity (Wildman–Crippen MR) is 71.5 cm³/mol. The fourth-order valence-corrected chi connectivity index (χ4v) is 3.75. The highest BCUT2D eigenvalue weighted by Crippen LogP contribution is 2.25. The molecule has 20 heavy (non-hydrogen) atoms. The number of hydrogen-bond donors (Lipinski definition) is 2. The van der Waals surface area contributed by atoms with E-state index >= 15 is 0 Å². The summed E-state index contributed by atoms with van der Waals surface area (Å²) in [4.78, 5) is 11.0. The van der Waals surface area contributed by atoms with Gasteiger partial charge in [0.1, 0.15) is 5.82 Å². The topological polar surface area (TPSA) is 106 Å². The van der Waals surface area contributed by atoms with Gasteiger partial charge in [-0.1, -0.05) is 0 Å². The number of amides is 1. The summed E-state index contributed by atoms with van der Waals surface area (Å²) in [5, 5.41) is 0. The van der Waals surface area contributed by atoms with Gasteiger partial charge in [0, 0.05) is 13.1 Å². The fourth-order valence-electron chi connectivity index (χ4n) is 2.21. The van der Waals surface area contributed by atoms with Gasteiger partial charge in [-0.25, -0.2) is 12.8 Å². The van der Waals surface area contributed by atoms with E-state index in [1.165, 1.54) is 12.1 Å². The Balaban J connectivity index is 2.29. The molecule has 6 nitrogen and oxygen atoms in total. The summed E-state index contributed by atoms with van der Waals surface area (Å²) >= 11 is 0. The molecule has 1 saturated heterocycles. The van der Waals surface area contributed by atoms with Gasteiger partial charge < -0.3 is 11.5 Å². The maximum atomic E-state index is 13.4. The van der Waals surface area contributed by atoms with Gasteiger partial charge >= 0.3 is 0 Å². The normalized spacial score (nSPS) is 20.8. The second-order valence-electron chi connectivity index (χ2n) is 4.79. The number of primary amides is 1. The van der Waals surface area contributed by atoms with Crippen molar-refractivity contribution in [3.05, 3.63) is 24.0 Å². The Bertz CT molecular complexity index is 633. The predicted octanol–water partition coefficient (Wildman–Crippen LogP) is 0.294. The highest BCUT2D eigenvalue weighted by molar-refractivity contribution is 7.89. The van der Waals surface area contributed by atoms with E-state index in [-0.39, 0.29) is 23.7 Å². The molecule has 1 unspecified atom stereocenters. The maximum absolute atomic E-state index is 13.4. The molecule has 0 bridgehead atoms. The van der Waals surface area contributed by atoms with E-state index < -0.39 is 27.7 Å². The molecule has 1 amide bonds. The van der Waals surface area contributed by atoms with E-state index in [9.17, 15) is 17.6 Å². The van der Waals surface area contributed by atoms with Crippen LogP contribution in [-0.2, 0) is 14.8 Å². The van der Waals surface area contributed by atoms with Crippen LogP contribution in [0, 0.1) is 11.7 Å². The van der Waals surface area contributed by atoms with Gasteiger partial charge in [0.15, 0.2) is 0 Å². The summed E-state index contributed by atoms with van der Waals surface area (Å²) in [7, 11) is -3.84. The van der Waals surface area contributed by atoms with Crippen LogP contribution in [0.1, 0.15) is 12.8 Å². The number of nitrogens with zero attached hydrogens (tertiary/aromatic N) is 1. The standard InChI is InChI=1S/C12H16FN3O3S/c13-10-6-9(3-4-11(10)14)20(18,19)16-5-1-2-8(7-16)12(15)17/h3-4,6,8H,1-2,5,7,14H2,(H2,15,17). The average molecular weight is 301 g/mol. The lowest BCUT2D eigenvalue weighted by Gasteiger charge is -2.30. The Morgan fingerprint density at radius 1 is 1.40 bits per heavy atom. The molecule has 110 valence electrons. The number of sulfonamides is 1. The van der Waals surface area contributed by atoms with Crippen molar-refractivity contribution in [3.8, 4) is 0 Å². The highest BCUT2D eigenvalue weighted by atomic mass is 32.2. The molecule has 0 aliphatic carbocycles. The van der Waals surface area contributed by atoms with Crippen molar-refractivity contribution in [3.63, 3.8) is 0 Å². The highest BCUT2D eigenvalue weighted by Gasteiger charge is 2.32. The van der Waals surface area contributed by atoms with Crippen molar-refractivity contribution in [2.75, 3.05) is 18.8 Å². The molecule has 0 saturated carbocycles. The van der Waals surface area contributed by atoms with E-state index in [0.29, 0.717) is 12.8 Å². The van der Waals surface area contributed by atoms with Gasteiger partial charge in [0.25, 0.3) is 0 Å². The summed E-state index contributed by atoms with van der Waals surface area (Å²) in [5.41, 5.74) is 10.4. The summed E-state index contributed by atoms with van der Waals surface area (Å²) in [6.45, 7) is 0.321. The first-order valence-electron chi connectivity index (χ1n) is 6.17. The number of anilines is 1. The first-order chi connectivity index (χ1) is 9.32. The lowest BCUT2D eigenvalue weighted by Crippen LogP contribution is -2.44. The molecule has 1 aromatic carbocycles. The summed E-state index contributed by atoms with van der Waals surface area (Å²) < 4.78 is 39.3. The van der Waals surface area contributed by atoms with Crippen molar-refractivity contribution >= 4 is 21.6 Å². The SMILES string of the molecule is NC(=O)C1CCCN(S(=O)(=O)c2ccc(N)c(F)c2)C1. The Morgan fingerprint density at radius 3 is 2.70 bits per heavy atom. The lowest BCUT2D eigenvalue weighted by atomic mass is 9.99. The quantitative estimate of drug-likeness (QED) is 0.783. The average Bonchev–Trinajstić information content (AvgIpc) is 2.42. The zero-order valence-corrected chi connectivity index (χ0v) is 11.6. The van der Waals surface area contributed by atoms with Crippen LogP contribution in [-0.4, -0.2) is 31.7 Å². The van der Waals surface area contributed by atoms with Crippen molar-refractivity contribution in [1.29, 1.82) is 0 Å². The van der Waals surface area contributed by atoms with Crippen molar-refractivity contribution in [2.45, 2.75) is 17.7 Å². The van der Waals surface area contributed by atoms with Crippen molar-refractivity contribution in [1.82, 2.24) is 4.31 Å². The van der Waals surface area contributed by atoms with Crippen LogP contribution in [0.4, 0.5) is 10.1 Å². The third-order valence-corrected chi connectivity index (χ3v) is 5.26. The van der Waals surface area contributed by atoms with Crippen molar-refractivity contribution in [2.24, 2.45) is 11.7 Å². The van der Waals surface area contributed by atoms with Crippen LogP contribution < -0.4 is 11.5 Å². The molecule has 1 aliphatic heterocycles. The number of nitrogens with two attached hydrogens (primary N) is 2. The van der Waals surface area contributed by atoms with Crippen LogP contribution in [0.15, 0.2) is 23.1 Å². The summed E-state index contributed by atoms with van der Waals surface area (Å²) in [5.74, 6) is -1.81. The van der Waals surface area contributed by atoms with Gasteiger partial charge in [0.2, 0.25) is 15.9 Å². The third-order valence-electron chi connectivity index (χ3n) is 3.40. The van der Waals surface area contributed by atoms with Crippen LogP contribution in [0.25, 0.3) is 0 Å². The van der Waals surface area contributed by atoms with Gasteiger partial charge in [-0.15, -0.1) is 0 Å². The smallest absolute Gasteiger partial charge is 0.243 e. The maximum Gasteiger partial charge on any atom is 0.243 e. The minimum absolute atomic E-state index is 0.0314. The van der Waals surface area contributed by atoms with Crippen LogP contribution in [0.5, 0.6) is 0 Å². The molecule has 8 heteroatoms. The Morgan fingerprint density at radius 2 is 2.10 bits per heavy atom. The molecule has 1 fully saturated rings. The number of rotatable bonds is 3. The minimum Gasteiger partial charge on any atom is -0.396 e. The molecule has 0 aromatic heterocycles. The zero-order valence-electron chi connectivity index (χ0n) is 10.8. The molecule has 1 aromatic rings. The van der Waals surface area contributed by atoms with E-state index in [1.807, 2.05) is 0 Å². The Labute approximate surface area is 116 Å². The largest absolute Gasteiger partial charge is 0.396 e. The molecular formula is C12H16FN3O3S. The lowest BCUT2D eigenvalue weighted by molar-refractivity contribution is -0.122. The van der Waals surface area contributed by atoms with Gasteiger partial charge in [0.05, 0.1) is 16.5 Å². The van der Waals surface area contributed by atoms with Crippen LogP contribution >= 0.6 is 0 Å². The molecule has 4 N–H and O–H groups in total. The van der Waals surface area contributed by atoms with E-state index in [4.69, 9.17) is 11.5 Å². The Hall–Kier alpha value is -1.67. The van der Waals surface area contributed by atoms with Crippen molar-refractivity contribution < 1.29 is 17.6 Å². The number of carbonyl (C=O) groups is 1. The fraction of sp³-hybridized carbons (Fsp3) is 0.417. The molecule has 1 aliphatic rings. The number of halogens is 1. The van der Waals surface area contributed by atoms with Gasteiger partial charge in [-0.05, 0) is 31.0 Å². The summed E-state index contributed by atoms with van der Waals surface area (Å²) in [6, 6.07) is 3.35. The minimum atomic E-state index is -3.84. The molecule has 1 heterocycles. The number of hydrogen-bond acceptors (Lipinski definition) is 4. The van der Waals surface area contributed by atoms with Gasteiger partial charge in [-0.2, -0.15) is 4.31 Å².